The Morgan fingerprint density at radius 1 is 1.07 bits per heavy atom. The summed E-state index contributed by atoms with van der Waals surface area (Å²) in [6.45, 7) is 7.12. The monoisotopic (exact) mass is 202 g/mol. The molecule has 82 valence electrons. The van der Waals surface area contributed by atoms with Crippen molar-refractivity contribution in [2.24, 2.45) is 5.41 Å². The molecule has 0 saturated heterocycles. The molecule has 1 aliphatic rings. The molecule has 0 aliphatic heterocycles. The number of rotatable bonds is 0. The van der Waals surface area contributed by atoms with Crippen LogP contribution in [0.15, 0.2) is 24.3 Å². The lowest BCUT2D eigenvalue weighted by atomic mass is 9.74. The first-order valence-electron chi connectivity index (χ1n) is 6.17. The van der Waals surface area contributed by atoms with E-state index in [0.717, 1.165) is 5.92 Å². The molecule has 0 bridgehead atoms. The van der Waals surface area contributed by atoms with Gasteiger partial charge in [0.2, 0.25) is 0 Å². The van der Waals surface area contributed by atoms with Crippen LogP contribution < -0.4 is 0 Å². The van der Waals surface area contributed by atoms with Crippen molar-refractivity contribution in [3.05, 3.63) is 35.4 Å². The van der Waals surface area contributed by atoms with Crippen molar-refractivity contribution in [2.45, 2.75) is 52.4 Å². The van der Waals surface area contributed by atoms with Crippen LogP contribution in [0.25, 0.3) is 0 Å². The van der Waals surface area contributed by atoms with Crippen LogP contribution in [-0.2, 0) is 6.42 Å². The van der Waals surface area contributed by atoms with Gasteiger partial charge in [0, 0.05) is 0 Å². The third-order valence-electron chi connectivity index (χ3n) is 3.66. The Bertz CT molecular complexity index is 330. The number of fused-ring (bicyclic) bond motifs is 1. The fraction of sp³-hybridized carbons (Fsp3) is 0.600. The second-order valence-electron chi connectivity index (χ2n) is 5.86. The summed E-state index contributed by atoms with van der Waals surface area (Å²) in [4.78, 5) is 0. The summed E-state index contributed by atoms with van der Waals surface area (Å²) < 4.78 is 0. The van der Waals surface area contributed by atoms with Crippen molar-refractivity contribution in [2.75, 3.05) is 0 Å². The minimum atomic E-state index is 0.403. The van der Waals surface area contributed by atoms with Gasteiger partial charge in [0.15, 0.2) is 0 Å². The smallest absolute Gasteiger partial charge is 0.0111 e. The molecule has 0 radical (unpaired) electrons. The molecule has 0 fully saturated rings. The van der Waals surface area contributed by atoms with Gasteiger partial charge in [0.05, 0.1) is 0 Å². The van der Waals surface area contributed by atoms with E-state index in [4.69, 9.17) is 0 Å². The Hall–Kier alpha value is -0.780. The van der Waals surface area contributed by atoms with Gasteiger partial charge in [-0.3, -0.25) is 0 Å². The molecule has 1 unspecified atom stereocenters. The molecular weight excluding hydrogens is 180 g/mol. The van der Waals surface area contributed by atoms with Crippen molar-refractivity contribution in [1.82, 2.24) is 0 Å². The van der Waals surface area contributed by atoms with E-state index in [9.17, 15) is 0 Å². The van der Waals surface area contributed by atoms with Gasteiger partial charge in [0.25, 0.3) is 0 Å². The van der Waals surface area contributed by atoms with E-state index in [1.807, 2.05) is 0 Å². The highest BCUT2D eigenvalue weighted by Gasteiger charge is 2.28. The fourth-order valence-corrected chi connectivity index (χ4v) is 2.82. The van der Waals surface area contributed by atoms with Crippen molar-refractivity contribution in [3.63, 3.8) is 0 Å². The maximum atomic E-state index is 2.37. The summed E-state index contributed by atoms with van der Waals surface area (Å²) in [6.07, 6.45) is 5.39. The van der Waals surface area contributed by atoms with Crippen molar-refractivity contribution < 1.29 is 0 Å². The molecule has 0 saturated carbocycles. The number of hydrogen-bond donors (Lipinski definition) is 0. The Balaban J connectivity index is 2.41. The van der Waals surface area contributed by atoms with Crippen LogP contribution >= 0.6 is 0 Å². The molecule has 0 aromatic heterocycles. The van der Waals surface area contributed by atoms with E-state index < -0.39 is 0 Å². The lowest BCUT2D eigenvalue weighted by Gasteiger charge is -2.31. The molecule has 0 amide bonds. The molecule has 1 aliphatic carbocycles. The molecule has 1 atom stereocenters. The van der Waals surface area contributed by atoms with Gasteiger partial charge in [-0.05, 0) is 41.7 Å². The van der Waals surface area contributed by atoms with Crippen LogP contribution in [0.3, 0.4) is 0 Å². The van der Waals surface area contributed by atoms with Crippen LogP contribution in [0.1, 0.15) is 57.1 Å². The Labute approximate surface area is 93.7 Å². The zero-order chi connectivity index (χ0) is 10.9. The second kappa shape index (κ2) is 4.00. The van der Waals surface area contributed by atoms with Gasteiger partial charge in [-0.15, -0.1) is 0 Å². The molecule has 2 rings (SSSR count). The third-order valence-corrected chi connectivity index (χ3v) is 3.66. The zero-order valence-electron chi connectivity index (χ0n) is 10.2. The SMILES string of the molecule is CC(C)(C)C1CCCCc2ccccc21. The number of hydrogen-bond acceptors (Lipinski definition) is 0. The molecule has 1 aromatic carbocycles. The maximum absolute atomic E-state index is 2.37. The van der Waals surface area contributed by atoms with E-state index >= 15 is 0 Å². The molecule has 0 spiro atoms. The van der Waals surface area contributed by atoms with Gasteiger partial charge in [-0.25, -0.2) is 0 Å². The van der Waals surface area contributed by atoms with E-state index in [1.165, 1.54) is 25.7 Å². The highest BCUT2D eigenvalue weighted by atomic mass is 14.3. The first-order valence-corrected chi connectivity index (χ1v) is 6.17. The Morgan fingerprint density at radius 3 is 2.53 bits per heavy atom. The zero-order valence-corrected chi connectivity index (χ0v) is 10.2. The number of benzene rings is 1. The predicted molar refractivity (Wildman–Crippen MR) is 66.2 cm³/mol. The van der Waals surface area contributed by atoms with Crippen molar-refractivity contribution in [3.8, 4) is 0 Å². The van der Waals surface area contributed by atoms with Gasteiger partial charge in [0.1, 0.15) is 0 Å². The van der Waals surface area contributed by atoms with E-state index in [1.54, 1.807) is 11.1 Å². The molecule has 0 N–H and O–H groups in total. The summed E-state index contributed by atoms with van der Waals surface area (Å²) in [5, 5.41) is 0. The third kappa shape index (κ3) is 2.25. The summed E-state index contributed by atoms with van der Waals surface area (Å²) >= 11 is 0. The van der Waals surface area contributed by atoms with Crippen LogP contribution in [0.5, 0.6) is 0 Å². The maximum Gasteiger partial charge on any atom is -0.0111 e. The lowest BCUT2D eigenvalue weighted by Crippen LogP contribution is -2.18. The summed E-state index contributed by atoms with van der Waals surface area (Å²) in [5.74, 6) is 0.746. The average Bonchev–Trinajstić information content (AvgIpc) is 2.38. The van der Waals surface area contributed by atoms with E-state index in [2.05, 4.69) is 45.0 Å². The molecule has 15 heavy (non-hydrogen) atoms. The van der Waals surface area contributed by atoms with Crippen molar-refractivity contribution >= 4 is 0 Å². The normalized spacial score (nSPS) is 21.9. The topological polar surface area (TPSA) is 0 Å². The van der Waals surface area contributed by atoms with Crippen LogP contribution in [0.4, 0.5) is 0 Å². The van der Waals surface area contributed by atoms with E-state index in [-0.39, 0.29) is 0 Å². The van der Waals surface area contributed by atoms with Crippen LogP contribution in [0.2, 0.25) is 0 Å². The predicted octanol–water partition coefficient (Wildman–Crippen LogP) is 4.54. The summed E-state index contributed by atoms with van der Waals surface area (Å²) in [7, 11) is 0. The summed E-state index contributed by atoms with van der Waals surface area (Å²) in [6, 6.07) is 9.04. The van der Waals surface area contributed by atoms with Crippen molar-refractivity contribution in [1.29, 1.82) is 0 Å². The molecule has 0 heteroatoms. The Morgan fingerprint density at radius 2 is 1.80 bits per heavy atom. The standard InChI is InChI=1S/C15H22/c1-15(2,3)14-11-7-5-9-12-8-4-6-10-13(12)14/h4,6,8,10,14H,5,7,9,11H2,1-3H3. The fourth-order valence-electron chi connectivity index (χ4n) is 2.82. The largest absolute Gasteiger partial charge is 0.0620 e. The molecule has 0 heterocycles. The minimum absolute atomic E-state index is 0.403. The van der Waals surface area contributed by atoms with Gasteiger partial charge >= 0.3 is 0 Å². The Kier molecular flexibility index (Phi) is 2.86. The lowest BCUT2D eigenvalue weighted by molar-refractivity contribution is 0.303. The quantitative estimate of drug-likeness (QED) is 0.542. The van der Waals surface area contributed by atoms with Gasteiger partial charge < -0.3 is 0 Å². The van der Waals surface area contributed by atoms with Gasteiger partial charge in [-0.1, -0.05) is 51.5 Å². The first-order chi connectivity index (χ1) is 7.09. The second-order valence-corrected chi connectivity index (χ2v) is 5.86. The number of aryl methyl sites for hydroxylation is 1. The minimum Gasteiger partial charge on any atom is -0.0620 e. The van der Waals surface area contributed by atoms with Crippen LogP contribution in [-0.4, -0.2) is 0 Å². The molecule has 1 aromatic rings. The summed E-state index contributed by atoms with van der Waals surface area (Å²) in [5.41, 5.74) is 3.61. The van der Waals surface area contributed by atoms with Gasteiger partial charge in [-0.2, -0.15) is 0 Å². The van der Waals surface area contributed by atoms with Crippen LogP contribution in [0, 0.1) is 5.41 Å². The molecular formula is C15H22. The van der Waals surface area contributed by atoms with E-state index in [0.29, 0.717) is 5.41 Å². The highest BCUT2D eigenvalue weighted by molar-refractivity contribution is 5.32. The average molecular weight is 202 g/mol. The molecule has 0 nitrogen and oxygen atoms in total. The first kappa shape index (κ1) is 10.7. The highest BCUT2D eigenvalue weighted by Crippen LogP contribution is 2.42.